The highest BCUT2D eigenvalue weighted by molar-refractivity contribution is 7.09. The molecule has 1 saturated heterocycles. The lowest BCUT2D eigenvalue weighted by Gasteiger charge is -2.23. The SMILES string of the molecule is CC(C)(C)NCC1CCC(COCc2cccs2)O1. The van der Waals surface area contributed by atoms with E-state index in [1.165, 1.54) is 4.88 Å². The van der Waals surface area contributed by atoms with Gasteiger partial charge in [-0.2, -0.15) is 0 Å². The fourth-order valence-electron chi connectivity index (χ4n) is 2.16. The summed E-state index contributed by atoms with van der Waals surface area (Å²) in [6.07, 6.45) is 2.86. The topological polar surface area (TPSA) is 30.5 Å². The van der Waals surface area contributed by atoms with E-state index in [-0.39, 0.29) is 11.6 Å². The maximum Gasteiger partial charge on any atom is 0.0814 e. The average molecular weight is 283 g/mol. The van der Waals surface area contributed by atoms with E-state index in [0.29, 0.717) is 19.3 Å². The van der Waals surface area contributed by atoms with Crippen LogP contribution < -0.4 is 5.32 Å². The van der Waals surface area contributed by atoms with Gasteiger partial charge in [-0.25, -0.2) is 0 Å². The van der Waals surface area contributed by atoms with E-state index in [0.717, 1.165) is 19.4 Å². The zero-order chi connectivity index (χ0) is 13.7. The third-order valence-corrected chi connectivity index (χ3v) is 4.03. The fraction of sp³-hybridized carbons (Fsp3) is 0.733. The highest BCUT2D eigenvalue weighted by Gasteiger charge is 2.26. The molecule has 2 atom stereocenters. The molecule has 0 bridgehead atoms. The Morgan fingerprint density at radius 1 is 1.37 bits per heavy atom. The molecule has 0 saturated carbocycles. The van der Waals surface area contributed by atoms with Gasteiger partial charge in [0, 0.05) is 17.0 Å². The van der Waals surface area contributed by atoms with E-state index in [1.54, 1.807) is 11.3 Å². The van der Waals surface area contributed by atoms with Crippen LogP contribution in [0.5, 0.6) is 0 Å². The van der Waals surface area contributed by atoms with Crippen molar-refractivity contribution in [2.45, 2.75) is 58.0 Å². The van der Waals surface area contributed by atoms with Crippen molar-refractivity contribution in [1.82, 2.24) is 5.32 Å². The van der Waals surface area contributed by atoms with E-state index < -0.39 is 0 Å². The standard InChI is InChI=1S/C15H25NO2S/c1-15(2,3)16-9-12-6-7-13(18-12)10-17-11-14-5-4-8-19-14/h4-5,8,12-13,16H,6-7,9-11H2,1-3H3. The molecule has 0 spiro atoms. The molecular weight excluding hydrogens is 258 g/mol. The van der Waals surface area contributed by atoms with Crippen molar-refractivity contribution >= 4 is 11.3 Å². The molecule has 1 N–H and O–H groups in total. The Morgan fingerprint density at radius 3 is 2.84 bits per heavy atom. The summed E-state index contributed by atoms with van der Waals surface area (Å²) in [5, 5.41) is 5.58. The van der Waals surface area contributed by atoms with Crippen LogP contribution in [0.3, 0.4) is 0 Å². The molecule has 1 aromatic rings. The van der Waals surface area contributed by atoms with Crippen LogP contribution in [0.4, 0.5) is 0 Å². The third kappa shape index (κ3) is 5.61. The second-order valence-corrected chi connectivity index (χ2v) is 7.22. The summed E-state index contributed by atoms with van der Waals surface area (Å²) in [6.45, 7) is 8.91. The van der Waals surface area contributed by atoms with Gasteiger partial charge in [-0.15, -0.1) is 11.3 Å². The molecule has 1 aliphatic rings. The van der Waals surface area contributed by atoms with Crippen LogP contribution in [-0.4, -0.2) is 30.9 Å². The molecule has 0 amide bonds. The maximum atomic E-state index is 5.99. The van der Waals surface area contributed by atoms with Crippen LogP contribution in [-0.2, 0) is 16.1 Å². The lowest BCUT2D eigenvalue weighted by atomic mass is 10.1. The predicted molar refractivity (Wildman–Crippen MR) is 79.6 cm³/mol. The number of ether oxygens (including phenoxy) is 2. The number of rotatable bonds is 6. The van der Waals surface area contributed by atoms with Crippen molar-refractivity contribution in [1.29, 1.82) is 0 Å². The summed E-state index contributed by atoms with van der Waals surface area (Å²) in [7, 11) is 0. The quantitative estimate of drug-likeness (QED) is 0.869. The number of thiophene rings is 1. The first-order valence-electron chi connectivity index (χ1n) is 7.03. The van der Waals surface area contributed by atoms with E-state index in [2.05, 4.69) is 43.6 Å². The van der Waals surface area contributed by atoms with Crippen LogP contribution in [0, 0.1) is 0 Å². The fourth-order valence-corrected chi connectivity index (χ4v) is 2.80. The Hall–Kier alpha value is -0.420. The Labute approximate surface area is 120 Å². The molecule has 108 valence electrons. The molecule has 0 radical (unpaired) electrons. The minimum atomic E-state index is 0.164. The summed E-state index contributed by atoms with van der Waals surface area (Å²) >= 11 is 1.74. The third-order valence-electron chi connectivity index (χ3n) is 3.18. The average Bonchev–Trinajstić information content (AvgIpc) is 2.97. The lowest BCUT2D eigenvalue weighted by molar-refractivity contribution is -0.0198. The van der Waals surface area contributed by atoms with Gasteiger partial charge in [0.05, 0.1) is 25.4 Å². The highest BCUT2D eigenvalue weighted by atomic mass is 32.1. The zero-order valence-corrected chi connectivity index (χ0v) is 13.0. The minimum absolute atomic E-state index is 0.164. The number of hydrogen-bond donors (Lipinski definition) is 1. The van der Waals surface area contributed by atoms with Crippen LogP contribution in [0.15, 0.2) is 17.5 Å². The number of hydrogen-bond acceptors (Lipinski definition) is 4. The normalized spacial score (nSPS) is 23.9. The monoisotopic (exact) mass is 283 g/mol. The molecular formula is C15H25NO2S. The number of nitrogens with one attached hydrogen (secondary N) is 1. The van der Waals surface area contributed by atoms with E-state index in [4.69, 9.17) is 9.47 Å². The Balaban J connectivity index is 1.59. The van der Waals surface area contributed by atoms with Crippen molar-refractivity contribution in [3.05, 3.63) is 22.4 Å². The van der Waals surface area contributed by atoms with Crippen LogP contribution in [0.25, 0.3) is 0 Å². The van der Waals surface area contributed by atoms with Crippen molar-refractivity contribution in [3.63, 3.8) is 0 Å². The van der Waals surface area contributed by atoms with Gasteiger partial charge < -0.3 is 14.8 Å². The first kappa shape index (κ1) is 15.0. The molecule has 0 aromatic carbocycles. The molecule has 1 aromatic heterocycles. The van der Waals surface area contributed by atoms with Crippen LogP contribution in [0.1, 0.15) is 38.5 Å². The van der Waals surface area contributed by atoms with E-state index in [1.807, 2.05) is 0 Å². The smallest absolute Gasteiger partial charge is 0.0814 e. The van der Waals surface area contributed by atoms with Crippen LogP contribution >= 0.6 is 11.3 Å². The highest BCUT2D eigenvalue weighted by Crippen LogP contribution is 2.20. The van der Waals surface area contributed by atoms with Gasteiger partial charge in [-0.3, -0.25) is 0 Å². The minimum Gasteiger partial charge on any atom is -0.373 e. The van der Waals surface area contributed by atoms with Crippen molar-refractivity contribution in [3.8, 4) is 0 Å². The molecule has 1 aliphatic heterocycles. The lowest BCUT2D eigenvalue weighted by Crippen LogP contribution is -2.41. The van der Waals surface area contributed by atoms with Crippen molar-refractivity contribution in [2.24, 2.45) is 0 Å². The van der Waals surface area contributed by atoms with Gasteiger partial charge in [0.15, 0.2) is 0 Å². The van der Waals surface area contributed by atoms with Gasteiger partial charge >= 0.3 is 0 Å². The first-order chi connectivity index (χ1) is 9.03. The maximum absolute atomic E-state index is 5.99. The molecule has 19 heavy (non-hydrogen) atoms. The van der Waals surface area contributed by atoms with Crippen molar-refractivity contribution < 1.29 is 9.47 Å². The summed E-state index contributed by atoms with van der Waals surface area (Å²) < 4.78 is 11.7. The second-order valence-electron chi connectivity index (χ2n) is 6.18. The van der Waals surface area contributed by atoms with Gasteiger partial charge in [-0.05, 0) is 45.1 Å². The summed E-state index contributed by atoms with van der Waals surface area (Å²) in [5.41, 5.74) is 0.164. The zero-order valence-electron chi connectivity index (χ0n) is 12.1. The molecule has 2 unspecified atom stereocenters. The van der Waals surface area contributed by atoms with E-state index >= 15 is 0 Å². The Bertz CT molecular complexity index is 359. The largest absolute Gasteiger partial charge is 0.373 e. The summed E-state index contributed by atoms with van der Waals surface area (Å²) in [5.74, 6) is 0. The molecule has 0 aliphatic carbocycles. The summed E-state index contributed by atoms with van der Waals surface area (Å²) in [6, 6.07) is 4.17. The molecule has 4 heteroatoms. The Kier molecular flexibility index (Phi) is 5.39. The molecule has 1 fully saturated rings. The molecule has 2 heterocycles. The first-order valence-corrected chi connectivity index (χ1v) is 7.91. The van der Waals surface area contributed by atoms with E-state index in [9.17, 15) is 0 Å². The van der Waals surface area contributed by atoms with Gasteiger partial charge in [-0.1, -0.05) is 6.07 Å². The predicted octanol–water partition coefficient (Wildman–Crippen LogP) is 3.20. The van der Waals surface area contributed by atoms with Gasteiger partial charge in [0.25, 0.3) is 0 Å². The Morgan fingerprint density at radius 2 is 2.16 bits per heavy atom. The molecule has 2 rings (SSSR count). The van der Waals surface area contributed by atoms with Gasteiger partial charge in [0.2, 0.25) is 0 Å². The summed E-state index contributed by atoms with van der Waals surface area (Å²) in [4.78, 5) is 1.28. The van der Waals surface area contributed by atoms with Crippen LogP contribution in [0.2, 0.25) is 0 Å². The second kappa shape index (κ2) is 6.84. The molecule has 3 nitrogen and oxygen atoms in total. The van der Waals surface area contributed by atoms with Gasteiger partial charge in [0.1, 0.15) is 0 Å². The van der Waals surface area contributed by atoms with Crippen molar-refractivity contribution in [2.75, 3.05) is 13.2 Å².